The second kappa shape index (κ2) is 4.18. The Kier molecular flexibility index (Phi) is 3.33. The highest BCUT2D eigenvalue weighted by molar-refractivity contribution is 8.06. The summed E-state index contributed by atoms with van der Waals surface area (Å²) in [5.74, 6) is 0. The molecule has 1 saturated heterocycles. The Balaban J connectivity index is 2.66. The van der Waals surface area contributed by atoms with Crippen molar-refractivity contribution in [1.29, 1.82) is 0 Å². The van der Waals surface area contributed by atoms with Gasteiger partial charge in [-0.25, -0.2) is 13.2 Å². The molecule has 15 heavy (non-hydrogen) atoms. The second-order valence-electron chi connectivity index (χ2n) is 3.51. The second-order valence-corrected chi connectivity index (χ2v) is 5.84. The van der Waals surface area contributed by atoms with Gasteiger partial charge in [-0.05, 0) is 12.8 Å². The predicted octanol–water partition coefficient (Wildman–Crippen LogP) is 0.0901. The first-order chi connectivity index (χ1) is 6.85. The maximum atomic E-state index is 11.4. The fourth-order valence-electron chi connectivity index (χ4n) is 1.59. The number of carbonyl (C=O) groups excluding carboxylic acids is 1. The first kappa shape index (κ1) is 12.0. The lowest BCUT2D eigenvalue weighted by molar-refractivity contribution is -0.110. The number of sulfone groups is 1. The standard InChI is InChI=1S/C8H13NO5S/c1-6(10)15(13,14)7-2-4-9(5-3-7)8(11)12/h7H,2-5H2,1H3,(H,11,12). The number of nitrogens with zero attached hydrogens (tertiary/aromatic N) is 1. The Morgan fingerprint density at radius 3 is 2.07 bits per heavy atom. The van der Waals surface area contributed by atoms with Gasteiger partial charge < -0.3 is 10.0 Å². The number of carboxylic acid groups (broad SMARTS) is 1. The molecule has 1 fully saturated rings. The van der Waals surface area contributed by atoms with Crippen LogP contribution in [0.25, 0.3) is 0 Å². The summed E-state index contributed by atoms with van der Waals surface area (Å²) in [6.45, 7) is 1.37. The summed E-state index contributed by atoms with van der Waals surface area (Å²) in [5, 5.41) is 7.09. The highest BCUT2D eigenvalue weighted by atomic mass is 32.2. The van der Waals surface area contributed by atoms with Gasteiger partial charge in [0.2, 0.25) is 15.0 Å². The highest BCUT2D eigenvalue weighted by Crippen LogP contribution is 2.18. The van der Waals surface area contributed by atoms with Crippen molar-refractivity contribution in [2.24, 2.45) is 0 Å². The molecule has 0 aliphatic carbocycles. The monoisotopic (exact) mass is 235 g/mol. The lowest BCUT2D eigenvalue weighted by atomic mass is 10.1. The lowest BCUT2D eigenvalue weighted by Crippen LogP contribution is -2.43. The van der Waals surface area contributed by atoms with E-state index in [0.717, 1.165) is 11.8 Å². The van der Waals surface area contributed by atoms with E-state index in [-0.39, 0.29) is 25.9 Å². The van der Waals surface area contributed by atoms with Crippen LogP contribution in [0, 0.1) is 0 Å². The van der Waals surface area contributed by atoms with Crippen LogP contribution in [-0.2, 0) is 14.6 Å². The quantitative estimate of drug-likeness (QED) is 0.695. The summed E-state index contributed by atoms with van der Waals surface area (Å²) in [6.07, 6.45) is -0.642. The van der Waals surface area contributed by atoms with E-state index >= 15 is 0 Å². The zero-order valence-corrected chi connectivity index (χ0v) is 9.16. The van der Waals surface area contributed by atoms with Crippen LogP contribution in [0.4, 0.5) is 4.79 Å². The molecule has 86 valence electrons. The van der Waals surface area contributed by atoms with Gasteiger partial charge in [0.15, 0.2) is 0 Å². The molecule has 0 spiro atoms. The smallest absolute Gasteiger partial charge is 0.407 e. The van der Waals surface area contributed by atoms with E-state index in [0.29, 0.717) is 0 Å². The van der Waals surface area contributed by atoms with Crippen LogP contribution in [-0.4, -0.2) is 48.0 Å². The summed E-state index contributed by atoms with van der Waals surface area (Å²) < 4.78 is 22.9. The van der Waals surface area contributed by atoms with E-state index in [1.807, 2.05) is 0 Å². The number of hydrogen-bond acceptors (Lipinski definition) is 4. The van der Waals surface area contributed by atoms with Crippen molar-refractivity contribution < 1.29 is 23.1 Å². The Labute approximate surface area is 87.8 Å². The minimum absolute atomic E-state index is 0.173. The van der Waals surface area contributed by atoms with Gasteiger partial charge in [-0.15, -0.1) is 0 Å². The van der Waals surface area contributed by atoms with E-state index < -0.39 is 26.3 Å². The average molecular weight is 235 g/mol. The van der Waals surface area contributed by atoms with E-state index in [2.05, 4.69) is 0 Å². The molecule has 1 N–H and O–H groups in total. The minimum Gasteiger partial charge on any atom is -0.465 e. The summed E-state index contributed by atoms with van der Waals surface area (Å²) in [5.41, 5.74) is 0. The van der Waals surface area contributed by atoms with E-state index in [4.69, 9.17) is 5.11 Å². The molecule has 0 aromatic carbocycles. The van der Waals surface area contributed by atoms with Crippen molar-refractivity contribution >= 4 is 21.0 Å². The van der Waals surface area contributed by atoms with Gasteiger partial charge in [-0.2, -0.15) is 0 Å². The first-order valence-corrected chi connectivity index (χ1v) is 6.12. The summed E-state index contributed by atoms with van der Waals surface area (Å²) in [6, 6.07) is 0. The van der Waals surface area contributed by atoms with Crippen molar-refractivity contribution in [3.63, 3.8) is 0 Å². The van der Waals surface area contributed by atoms with Gasteiger partial charge in [0, 0.05) is 20.0 Å². The van der Waals surface area contributed by atoms with E-state index in [1.165, 1.54) is 0 Å². The van der Waals surface area contributed by atoms with Crippen molar-refractivity contribution in [1.82, 2.24) is 4.90 Å². The minimum atomic E-state index is -3.71. The van der Waals surface area contributed by atoms with E-state index in [1.54, 1.807) is 0 Å². The third-order valence-electron chi connectivity index (χ3n) is 2.55. The number of amides is 1. The molecule has 0 saturated carbocycles. The Bertz CT molecular complexity index is 366. The molecule has 1 amide bonds. The highest BCUT2D eigenvalue weighted by Gasteiger charge is 2.34. The predicted molar refractivity (Wildman–Crippen MR) is 52.2 cm³/mol. The molecule has 0 atom stereocenters. The molecule has 0 aromatic heterocycles. The molecule has 1 heterocycles. The Morgan fingerprint density at radius 1 is 1.27 bits per heavy atom. The van der Waals surface area contributed by atoms with Gasteiger partial charge in [0.1, 0.15) is 0 Å². The first-order valence-electron chi connectivity index (χ1n) is 4.58. The van der Waals surface area contributed by atoms with Gasteiger partial charge >= 0.3 is 6.09 Å². The SMILES string of the molecule is CC(=O)S(=O)(=O)C1CCN(C(=O)O)CC1. The summed E-state index contributed by atoms with van der Waals surface area (Å²) in [7, 11) is -3.71. The van der Waals surface area contributed by atoms with Crippen molar-refractivity contribution in [3.05, 3.63) is 0 Å². The van der Waals surface area contributed by atoms with Crippen LogP contribution in [0.1, 0.15) is 19.8 Å². The molecule has 1 aliphatic heterocycles. The summed E-state index contributed by atoms with van der Waals surface area (Å²) >= 11 is 0. The van der Waals surface area contributed by atoms with Crippen molar-refractivity contribution in [3.8, 4) is 0 Å². The van der Waals surface area contributed by atoms with Crippen LogP contribution >= 0.6 is 0 Å². The molecule has 0 radical (unpaired) electrons. The topological polar surface area (TPSA) is 91.8 Å². The maximum absolute atomic E-state index is 11.4. The number of likely N-dealkylation sites (tertiary alicyclic amines) is 1. The Hall–Kier alpha value is -1.11. The van der Waals surface area contributed by atoms with Gasteiger partial charge in [-0.1, -0.05) is 0 Å². The molecular formula is C8H13NO5S. The number of hydrogen-bond donors (Lipinski definition) is 1. The van der Waals surface area contributed by atoms with Crippen LogP contribution in [0.3, 0.4) is 0 Å². The molecule has 0 unspecified atom stereocenters. The fourth-order valence-corrected chi connectivity index (χ4v) is 2.89. The third-order valence-corrected chi connectivity index (χ3v) is 4.70. The van der Waals surface area contributed by atoms with E-state index in [9.17, 15) is 18.0 Å². The number of rotatable bonds is 1. The number of carbonyl (C=O) groups is 2. The van der Waals surface area contributed by atoms with Crippen LogP contribution in [0.5, 0.6) is 0 Å². The van der Waals surface area contributed by atoms with Crippen LogP contribution < -0.4 is 0 Å². The lowest BCUT2D eigenvalue weighted by Gasteiger charge is -2.28. The molecule has 0 aromatic rings. The number of piperidine rings is 1. The van der Waals surface area contributed by atoms with Crippen molar-refractivity contribution in [2.75, 3.05) is 13.1 Å². The molecular weight excluding hydrogens is 222 g/mol. The summed E-state index contributed by atoms with van der Waals surface area (Å²) in [4.78, 5) is 22.6. The fraction of sp³-hybridized carbons (Fsp3) is 0.750. The van der Waals surface area contributed by atoms with Crippen LogP contribution in [0.15, 0.2) is 0 Å². The average Bonchev–Trinajstić information content (AvgIpc) is 2.17. The van der Waals surface area contributed by atoms with Crippen LogP contribution in [0.2, 0.25) is 0 Å². The largest absolute Gasteiger partial charge is 0.465 e. The maximum Gasteiger partial charge on any atom is 0.407 e. The third kappa shape index (κ3) is 2.47. The molecule has 7 heteroatoms. The Morgan fingerprint density at radius 2 is 1.73 bits per heavy atom. The van der Waals surface area contributed by atoms with Gasteiger partial charge in [-0.3, -0.25) is 4.79 Å². The zero-order chi connectivity index (χ0) is 11.6. The normalized spacial score (nSPS) is 18.9. The van der Waals surface area contributed by atoms with Gasteiger partial charge in [0.25, 0.3) is 0 Å². The van der Waals surface area contributed by atoms with Gasteiger partial charge in [0.05, 0.1) is 5.25 Å². The van der Waals surface area contributed by atoms with Crippen molar-refractivity contribution in [2.45, 2.75) is 25.0 Å². The zero-order valence-electron chi connectivity index (χ0n) is 8.34. The molecule has 6 nitrogen and oxygen atoms in total. The molecule has 0 bridgehead atoms. The molecule has 1 rings (SSSR count). The molecule has 1 aliphatic rings.